The zero-order valence-electron chi connectivity index (χ0n) is 11.4. The second-order valence-corrected chi connectivity index (χ2v) is 5.82. The molecule has 1 aliphatic heterocycles. The van der Waals surface area contributed by atoms with Gasteiger partial charge < -0.3 is 10.2 Å². The zero-order chi connectivity index (χ0) is 13.7. The maximum absolute atomic E-state index is 12.3. The summed E-state index contributed by atoms with van der Waals surface area (Å²) in [5.41, 5.74) is 1.24. The van der Waals surface area contributed by atoms with E-state index in [9.17, 15) is 4.79 Å². The van der Waals surface area contributed by atoms with E-state index in [1.165, 1.54) is 5.56 Å². The Morgan fingerprint density at radius 3 is 3.11 bits per heavy atom. The zero-order valence-corrected chi connectivity index (χ0v) is 12.9. The van der Waals surface area contributed by atoms with Gasteiger partial charge in [-0.2, -0.15) is 0 Å². The lowest BCUT2D eigenvalue weighted by molar-refractivity contribution is -0.132. The quantitative estimate of drug-likeness (QED) is 0.844. The Kier molecular flexibility index (Phi) is 5.40. The topological polar surface area (TPSA) is 32.3 Å². The number of nitrogens with one attached hydrogen (secondary N) is 1. The van der Waals surface area contributed by atoms with Crippen molar-refractivity contribution in [1.82, 2.24) is 10.2 Å². The molecule has 1 amide bonds. The summed E-state index contributed by atoms with van der Waals surface area (Å²) < 4.78 is 1.08. The van der Waals surface area contributed by atoms with Crippen molar-refractivity contribution < 1.29 is 4.79 Å². The Bertz CT molecular complexity index is 436. The Morgan fingerprint density at radius 2 is 2.37 bits per heavy atom. The predicted octanol–water partition coefficient (Wildman–Crippen LogP) is 3.11. The molecule has 0 radical (unpaired) electrons. The molecule has 3 nitrogen and oxygen atoms in total. The molecule has 0 aromatic heterocycles. The maximum atomic E-state index is 12.3. The van der Waals surface area contributed by atoms with Crippen LogP contribution in [0.2, 0.25) is 0 Å². The predicted molar refractivity (Wildman–Crippen MR) is 81.0 cm³/mol. The molecule has 0 bridgehead atoms. The lowest BCUT2D eigenvalue weighted by atomic mass is 10.0. The van der Waals surface area contributed by atoms with E-state index in [-0.39, 0.29) is 11.9 Å². The van der Waals surface area contributed by atoms with Crippen molar-refractivity contribution >= 4 is 21.8 Å². The van der Waals surface area contributed by atoms with Gasteiger partial charge in [0.25, 0.3) is 0 Å². The number of nitrogens with zero attached hydrogens (tertiary/aromatic N) is 1. The minimum absolute atomic E-state index is 0.256. The third kappa shape index (κ3) is 3.80. The molecule has 1 unspecified atom stereocenters. The van der Waals surface area contributed by atoms with Crippen LogP contribution in [0.1, 0.15) is 37.8 Å². The van der Waals surface area contributed by atoms with Crippen LogP contribution in [0.15, 0.2) is 28.7 Å². The number of likely N-dealkylation sites (tertiary alicyclic amines) is 1. The van der Waals surface area contributed by atoms with E-state index in [2.05, 4.69) is 40.3 Å². The Morgan fingerprint density at radius 1 is 1.53 bits per heavy atom. The van der Waals surface area contributed by atoms with E-state index >= 15 is 0 Å². The van der Waals surface area contributed by atoms with E-state index < -0.39 is 0 Å². The molecular weight excluding hydrogens is 304 g/mol. The molecule has 1 N–H and O–H groups in total. The Hall–Kier alpha value is -0.870. The molecule has 2 rings (SSSR count). The van der Waals surface area contributed by atoms with E-state index in [0.29, 0.717) is 6.42 Å². The van der Waals surface area contributed by atoms with Crippen LogP contribution >= 0.6 is 15.9 Å². The van der Waals surface area contributed by atoms with Crippen LogP contribution in [0.25, 0.3) is 0 Å². The molecule has 1 aromatic carbocycles. The SMILES string of the molecule is CCNCCC(=O)N1CCCC1c1cccc(Br)c1. The van der Waals surface area contributed by atoms with Gasteiger partial charge in [0.05, 0.1) is 6.04 Å². The van der Waals surface area contributed by atoms with E-state index in [1.807, 2.05) is 17.0 Å². The maximum Gasteiger partial charge on any atom is 0.224 e. The minimum atomic E-state index is 0.256. The minimum Gasteiger partial charge on any atom is -0.336 e. The van der Waals surface area contributed by atoms with Gasteiger partial charge in [-0.15, -0.1) is 0 Å². The van der Waals surface area contributed by atoms with Gasteiger partial charge >= 0.3 is 0 Å². The average molecular weight is 325 g/mol. The molecule has 0 aliphatic carbocycles. The average Bonchev–Trinajstić information content (AvgIpc) is 2.88. The van der Waals surface area contributed by atoms with Gasteiger partial charge in [-0.1, -0.05) is 35.0 Å². The van der Waals surface area contributed by atoms with Gasteiger partial charge in [0, 0.05) is 24.0 Å². The lowest BCUT2D eigenvalue weighted by Crippen LogP contribution is -2.32. The molecule has 1 aromatic rings. The largest absolute Gasteiger partial charge is 0.336 e. The summed E-state index contributed by atoms with van der Waals surface area (Å²) in [6.07, 6.45) is 2.77. The number of amides is 1. The first kappa shape index (κ1) is 14.5. The summed E-state index contributed by atoms with van der Waals surface area (Å²) in [5, 5.41) is 3.21. The molecule has 1 saturated heterocycles. The fraction of sp³-hybridized carbons (Fsp3) is 0.533. The highest BCUT2D eigenvalue weighted by molar-refractivity contribution is 9.10. The first-order valence-electron chi connectivity index (χ1n) is 6.98. The van der Waals surface area contributed by atoms with Crippen molar-refractivity contribution in [2.75, 3.05) is 19.6 Å². The van der Waals surface area contributed by atoms with Gasteiger partial charge in [-0.25, -0.2) is 0 Å². The number of carbonyl (C=O) groups excluding carboxylic acids is 1. The number of hydrogen-bond acceptors (Lipinski definition) is 2. The molecule has 1 atom stereocenters. The molecule has 104 valence electrons. The van der Waals surface area contributed by atoms with Crippen molar-refractivity contribution in [3.8, 4) is 0 Å². The fourth-order valence-corrected chi connectivity index (χ4v) is 3.06. The Labute approximate surface area is 123 Å². The monoisotopic (exact) mass is 324 g/mol. The summed E-state index contributed by atoms with van der Waals surface area (Å²) in [6.45, 7) is 4.64. The van der Waals surface area contributed by atoms with E-state index in [4.69, 9.17) is 0 Å². The van der Waals surface area contributed by atoms with Gasteiger partial charge in [-0.3, -0.25) is 4.79 Å². The standard InChI is InChI=1S/C15H21BrN2O/c1-2-17-9-8-15(19)18-10-4-7-14(18)12-5-3-6-13(16)11-12/h3,5-6,11,14,17H,2,4,7-10H2,1H3. The van der Waals surface area contributed by atoms with Crippen LogP contribution in [0, 0.1) is 0 Å². The molecule has 1 heterocycles. The van der Waals surface area contributed by atoms with Crippen LogP contribution in [0.5, 0.6) is 0 Å². The summed E-state index contributed by atoms with van der Waals surface area (Å²) >= 11 is 3.50. The molecule has 19 heavy (non-hydrogen) atoms. The third-order valence-corrected chi connectivity index (χ3v) is 4.07. The highest BCUT2D eigenvalue weighted by Gasteiger charge is 2.29. The normalized spacial score (nSPS) is 18.8. The molecule has 0 spiro atoms. The highest BCUT2D eigenvalue weighted by atomic mass is 79.9. The molecule has 0 saturated carbocycles. The number of hydrogen-bond donors (Lipinski definition) is 1. The summed E-state index contributed by atoms with van der Waals surface area (Å²) in [7, 11) is 0. The van der Waals surface area contributed by atoms with Crippen LogP contribution in [0.4, 0.5) is 0 Å². The summed E-state index contributed by atoms with van der Waals surface area (Å²) in [4.78, 5) is 14.3. The van der Waals surface area contributed by atoms with Crippen molar-refractivity contribution in [2.24, 2.45) is 0 Å². The second kappa shape index (κ2) is 7.06. The smallest absolute Gasteiger partial charge is 0.224 e. The third-order valence-electron chi connectivity index (χ3n) is 3.57. The number of carbonyl (C=O) groups is 1. The van der Waals surface area contributed by atoms with Gasteiger partial charge in [0.2, 0.25) is 5.91 Å². The van der Waals surface area contributed by atoms with Gasteiger partial charge in [-0.05, 0) is 37.1 Å². The molecule has 1 fully saturated rings. The first-order valence-corrected chi connectivity index (χ1v) is 7.77. The number of rotatable bonds is 5. The van der Waals surface area contributed by atoms with Gasteiger partial charge in [0.1, 0.15) is 0 Å². The number of benzene rings is 1. The van der Waals surface area contributed by atoms with Crippen LogP contribution in [0.3, 0.4) is 0 Å². The molecular formula is C15H21BrN2O. The lowest BCUT2D eigenvalue weighted by Gasteiger charge is -2.25. The van der Waals surface area contributed by atoms with Crippen LogP contribution in [-0.2, 0) is 4.79 Å². The first-order chi connectivity index (χ1) is 9.22. The summed E-state index contributed by atoms with van der Waals surface area (Å²) in [6, 6.07) is 8.56. The van der Waals surface area contributed by atoms with E-state index in [1.54, 1.807) is 0 Å². The van der Waals surface area contributed by atoms with Crippen LogP contribution in [-0.4, -0.2) is 30.4 Å². The van der Waals surface area contributed by atoms with E-state index in [0.717, 1.165) is 36.9 Å². The Balaban J connectivity index is 2.02. The molecule has 4 heteroatoms. The number of halogens is 1. The molecule has 1 aliphatic rings. The van der Waals surface area contributed by atoms with Crippen molar-refractivity contribution in [2.45, 2.75) is 32.2 Å². The van der Waals surface area contributed by atoms with Crippen LogP contribution < -0.4 is 5.32 Å². The summed E-state index contributed by atoms with van der Waals surface area (Å²) in [5.74, 6) is 0.267. The second-order valence-electron chi connectivity index (χ2n) is 4.90. The van der Waals surface area contributed by atoms with Crippen molar-refractivity contribution in [3.05, 3.63) is 34.3 Å². The fourth-order valence-electron chi connectivity index (χ4n) is 2.64. The highest BCUT2D eigenvalue weighted by Crippen LogP contribution is 2.33. The van der Waals surface area contributed by atoms with Gasteiger partial charge in [0.15, 0.2) is 0 Å². The van der Waals surface area contributed by atoms with Crippen molar-refractivity contribution in [3.63, 3.8) is 0 Å². The van der Waals surface area contributed by atoms with Crippen molar-refractivity contribution in [1.29, 1.82) is 0 Å².